The van der Waals surface area contributed by atoms with Crippen molar-refractivity contribution in [2.24, 2.45) is 0 Å². The third-order valence-corrected chi connectivity index (χ3v) is 4.06. The molecule has 23 heavy (non-hydrogen) atoms. The summed E-state index contributed by atoms with van der Waals surface area (Å²) >= 11 is 3.35. The minimum atomic E-state index is -0.909. The number of carbonyl (C=O) groups excluding carboxylic acids is 1. The number of carbonyl (C=O) groups is 2. The molecule has 2 aromatic rings. The van der Waals surface area contributed by atoms with E-state index in [1.165, 1.54) is 0 Å². The lowest BCUT2D eigenvalue weighted by atomic mass is 9.92. The molecule has 2 rings (SSSR count). The standard InChI is InChI=1S/C18H18BrNO3/c19-16-8-6-14(7-9-16)15(11-18(22)23)10-17(21)20-12-13-4-2-1-3-5-13/h1-9,15H,10-12H2,(H,20,21)(H,22,23)/t15-/m1/s1. The summed E-state index contributed by atoms with van der Waals surface area (Å²) in [5.74, 6) is -1.40. The molecule has 0 heterocycles. The van der Waals surface area contributed by atoms with Crippen LogP contribution in [0.25, 0.3) is 0 Å². The average molecular weight is 376 g/mol. The summed E-state index contributed by atoms with van der Waals surface area (Å²) in [6.45, 7) is 0.444. The Labute approximate surface area is 143 Å². The van der Waals surface area contributed by atoms with Crippen LogP contribution in [0, 0.1) is 0 Å². The van der Waals surface area contributed by atoms with E-state index >= 15 is 0 Å². The Morgan fingerprint density at radius 1 is 1.00 bits per heavy atom. The van der Waals surface area contributed by atoms with Crippen molar-refractivity contribution in [2.75, 3.05) is 0 Å². The first-order valence-electron chi connectivity index (χ1n) is 7.32. The summed E-state index contributed by atoms with van der Waals surface area (Å²) in [4.78, 5) is 23.2. The molecular formula is C18H18BrNO3. The highest BCUT2D eigenvalue weighted by molar-refractivity contribution is 9.10. The Balaban J connectivity index is 1.98. The van der Waals surface area contributed by atoms with E-state index in [2.05, 4.69) is 21.2 Å². The summed E-state index contributed by atoms with van der Waals surface area (Å²) in [7, 11) is 0. The van der Waals surface area contributed by atoms with Gasteiger partial charge in [-0.2, -0.15) is 0 Å². The Bertz CT molecular complexity index is 656. The summed E-state index contributed by atoms with van der Waals surface area (Å²) in [6, 6.07) is 17.0. The van der Waals surface area contributed by atoms with Crippen molar-refractivity contribution < 1.29 is 14.7 Å². The van der Waals surface area contributed by atoms with E-state index in [0.717, 1.165) is 15.6 Å². The molecular weight excluding hydrogens is 358 g/mol. The lowest BCUT2D eigenvalue weighted by molar-refractivity contribution is -0.137. The third kappa shape index (κ3) is 5.87. The summed E-state index contributed by atoms with van der Waals surface area (Å²) < 4.78 is 0.920. The molecule has 5 heteroatoms. The number of hydrogen-bond acceptors (Lipinski definition) is 2. The van der Waals surface area contributed by atoms with Gasteiger partial charge in [-0.05, 0) is 23.3 Å². The molecule has 2 aromatic carbocycles. The first-order chi connectivity index (χ1) is 11.0. The van der Waals surface area contributed by atoms with E-state index in [-0.39, 0.29) is 24.7 Å². The van der Waals surface area contributed by atoms with Crippen LogP contribution in [0.5, 0.6) is 0 Å². The van der Waals surface area contributed by atoms with Gasteiger partial charge in [-0.25, -0.2) is 0 Å². The van der Waals surface area contributed by atoms with Gasteiger partial charge in [0.2, 0.25) is 5.91 Å². The molecule has 0 aliphatic rings. The predicted octanol–water partition coefficient (Wildman–Crippen LogP) is 3.71. The molecule has 1 amide bonds. The molecule has 4 nitrogen and oxygen atoms in total. The second-order valence-electron chi connectivity index (χ2n) is 5.31. The molecule has 1 atom stereocenters. The fourth-order valence-corrected chi connectivity index (χ4v) is 2.61. The smallest absolute Gasteiger partial charge is 0.303 e. The van der Waals surface area contributed by atoms with Crippen LogP contribution < -0.4 is 5.32 Å². The largest absolute Gasteiger partial charge is 0.481 e. The maximum Gasteiger partial charge on any atom is 0.303 e. The van der Waals surface area contributed by atoms with Crippen LogP contribution in [0.4, 0.5) is 0 Å². The van der Waals surface area contributed by atoms with Crippen molar-refractivity contribution in [1.29, 1.82) is 0 Å². The van der Waals surface area contributed by atoms with Crippen molar-refractivity contribution in [3.05, 3.63) is 70.2 Å². The van der Waals surface area contributed by atoms with Crippen LogP contribution in [-0.4, -0.2) is 17.0 Å². The SMILES string of the molecule is O=C(O)C[C@@H](CC(=O)NCc1ccccc1)c1ccc(Br)cc1. The van der Waals surface area contributed by atoms with Gasteiger partial charge in [0, 0.05) is 23.4 Å². The second-order valence-corrected chi connectivity index (χ2v) is 6.23. The van der Waals surface area contributed by atoms with Crippen LogP contribution >= 0.6 is 15.9 Å². The van der Waals surface area contributed by atoms with Gasteiger partial charge in [-0.15, -0.1) is 0 Å². The van der Waals surface area contributed by atoms with Crippen LogP contribution in [0.3, 0.4) is 0 Å². The number of hydrogen-bond donors (Lipinski definition) is 2. The summed E-state index contributed by atoms with van der Waals surface area (Å²) in [6.07, 6.45) is 0.0845. The molecule has 0 saturated carbocycles. The predicted molar refractivity (Wildman–Crippen MR) is 92.0 cm³/mol. The van der Waals surface area contributed by atoms with Gasteiger partial charge < -0.3 is 10.4 Å². The molecule has 0 bridgehead atoms. The number of nitrogens with one attached hydrogen (secondary N) is 1. The van der Waals surface area contributed by atoms with Crippen molar-refractivity contribution in [2.45, 2.75) is 25.3 Å². The number of halogens is 1. The van der Waals surface area contributed by atoms with Gasteiger partial charge in [0.15, 0.2) is 0 Å². The fraction of sp³-hybridized carbons (Fsp3) is 0.222. The summed E-state index contributed by atoms with van der Waals surface area (Å²) in [5.41, 5.74) is 1.87. The third-order valence-electron chi connectivity index (χ3n) is 3.53. The summed E-state index contributed by atoms with van der Waals surface area (Å²) in [5, 5.41) is 11.9. The second kappa shape index (κ2) is 8.48. The molecule has 0 radical (unpaired) electrons. The Hall–Kier alpha value is -2.14. The van der Waals surface area contributed by atoms with Crippen molar-refractivity contribution in [3.63, 3.8) is 0 Å². The molecule has 120 valence electrons. The van der Waals surface area contributed by atoms with E-state index in [9.17, 15) is 9.59 Å². The highest BCUT2D eigenvalue weighted by Crippen LogP contribution is 2.25. The topological polar surface area (TPSA) is 66.4 Å². The van der Waals surface area contributed by atoms with Gasteiger partial charge in [-0.1, -0.05) is 58.4 Å². The minimum absolute atomic E-state index is 0.0691. The Morgan fingerprint density at radius 2 is 1.65 bits per heavy atom. The van der Waals surface area contributed by atoms with Crippen LogP contribution in [0.15, 0.2) is 59.1 Å². The number of benzene rings is 2. The maximum absolute atomic E-state index is 12.1. The van der Waals surface area contributed by atoms with Crippen LogP contribution in [0.1, 0.15) is 29.9 Å². The van der Waals surface area contributed by atoms with Gasteiger partial charge in [-0.3, -0.25) is 9.59 Å². The molecule has 0 aliphatic heterocycles. The number of aliphatic carboxylic acids is 1. The Kier molecular flexibility index (Phi) is 6.35. The van der Waals surface area contributed by atoms with Gasteiger partial charge in [0.1, 0.15) is 0 Å². The van der Waals surface area contributed by atoms with E-state index < -0.39 is 5.97 Å². The molecule has 0 spiro atoms. The molecule has 0 aliphatic carbocycles. The molecule has 0 fully saturated rings. The minimum Gasteiger partial charge on any atom is -0.481 e. The zero-order valence-corrected chi connectivity index (χ0v) is 14.1. The highest BCUT2D eigenvalue weighted by atomic mass is 79.9. The van der Waals surface area contributed by atoms with E-state index in [4.69, 9.17) is 5.11 Å². The van der Waals surface area contributed by atoms with E-state index in [1.54, 1.807) is 0 Å². The lowest BCUT2D eigenvalue weighted by Gasteiger charge is -2.15. The quantitative estimate of drug-likeness (QED) is 0.774. The number of carboxylic acids is 1. The first kappa shape index (κ1) is 17.2. The molecule has 0 saturated heterocycles. The number of amides is 1. The number of rotatable bonds is 7. The van der Waals surface area contributed by atoms with Gasteiger partial charge in [0.25, 0.3) is 0 Å². The zero-order chi connectivity index (χ0) is 16.7. The van der Waals surface area contributed by atoms with Crippen LogP contribution in [0.2, 0.25) is 0 Å². The monoisotopic (exact) mass is 375 g/mol. The van der Waals surface area contributed by atoms with Gasteiger partial charge >= 0.3 is 5.97 Å². The number of carboxylic acid groups (broad SMARTS) is 1. The average Bonchev–Trinajstić information content (AvgIpc) is 2.53. The fourth-order valence-electron chi connectivity index (χ4n) is 2.35. The zero-order valence-electron chi connectivity index (χ0n) is 12.5. The van der Waals surface area contributed by atoms with E-state index in [0.29, 0.717) is 6.54 Å². The normalized spacial score (nSPS) is 11.7. The van der Waals surface area contributed by atoms with Gasteiger partial charge in [0.05, 0.1) is 6.42 Å². The molecule has 0 unspecified atom stereocenters. The van der Waals surface area contributed by atoms with Crippen molar-refractivity contribution >= 4 is 27.8 Å². The highest BCUT2D eigenvalue weighted by Gasteiger charge is 2.19. The van der Waals surface area contributed by atoms with Crippen molar-refractivity contribution in [3.8, 4) is 0 Å². The molecule has 2 N–H and O–H groups in total. The first-order valence-corrected chi connectivity index (χ1v) is 8.12. The van der Waals surface area contributed by atoms with Crippen molar-refractivity contribution in [1.82, 2.24) is 5.32 Å². The molecule has 0 aromatic heterocycles. The van der Waals surface area contributed by atoms with Crippen LogP contribution in [-0.2, 0) is 16.1 Å². The maximum atomic E-state index is 12.1. The lowest BCUT2D eigenvalue weighted by Crippen LogP contribution is -2.25. The van der Waals surface area contributed by atoms with E-state index in [1.807, 2.05) is 54.6 Å². The Morgan fingerprint density at radius 3 is 2.26 bits per heavy atom.